The van der Waals surface area contributed by atoms with E-state index >= 15 is 0 Å². The van der Waals surface area contributed by atoms with E-state index in [1.807, 2.05) is 67.7 Å². The second kappa shape index (κ2) is 13.8. The Morgan fingerprint density at radius 2 is 1.85 bits per heavy atom. The van der Waals surface area contributed by atoms with Crippen LogP contribution in [-0.2, 0) is 32.0 Å². The molecule has 9 heteroatoms. The molecule has 4 rings (SSSR count). The van der Waals surface area contributed by atoms with Gasteiger partial charge in [-0.1, -0.05) is 68.3 Å². The van der Waals surface area contributed by atoms with Crippen LogP contribution in [0.5, 0.6) is 0 Å². The van der Waals surface area contributed by atoms with Crippen LogP contribution in [0.2, 0.25) is 0 Å². The van der Waals surface area contributed by atoms with Crippen molar-refractivity contribution in [3.63, 3.8) is 0 Å². The molecule has 3 N–H and O–H groups in total. The molecule has 3 aromatic rings. The van der Waals surface area contributed by atoms with Gasteiger partial charge < -0.3 is 25.2 Å². The molecule has 0 saturated carbocycles. The highest BCUT2D eigenvalue weighted by Gasteiger charge is 2.36. The van der Waals surface area contributed by atoms with Gasteiger partial charge in [0.25, 0.3) is 0 Å². The molecule has 40 heavy (non-hydrogen) atoms. The van der Waals surface area contributed by atoms with Gasteiger partial charge in [-0.25, -0.2) is 4.79 Å². The van der Waals surface area contributed by atoms with Crippen molar-refractivity contribution in [1.82, 2.24) is 20.1 Å². The van der Waals surface area contributed by atoms with Crippen LogP contribution in [0.25, 0.3) is 10.9 Å². The molecule has 2 atom stereocenters. The Morgan fingerprint density at radius 3 is 2.60 bits per heavy atom. The maximum Gasteiger partial charge on any atom is 0.326 e. The summed E-state index contributed by atoms with van der Waals surface area (Å²) in [4.78, 5) is 58.0. The number of aliphatic carboxylic acids is 1. The molecule has 2 aromatic carbocycles. The summed E-state index contributed by atoms with van der Waals surface area (Å²) in [5.74, 6) is -2.00. The van der Waals surface area contributed by atoms with Crippen molar-refractivity contribution in [3.8, 4) is 0 Å². The predicted octanol–water partition coefficient (Wildman–Crippen LogP) is 3.53. The number of rotatable bonds is 13. The van der Waals surface area contributed by atoms with Crippen LogP contribution in [0, 0.1) is 0 Å². The van der Waals surface area contributed by atoms with E-state index in [2.05, 4.69) is 10.3 Å². The van der Waals surface area contributed by atoms with E-state index in [9.17, 15) is 24.3 Å². The number of carbonyl (C=O) groups excluding carboxylic acids is 3. The minimum atomic E-state index is -1.03. The zero-order valence-corrected chi connectivity index (χ0v) is 23.0. The van der Waals surface area contributed by atoms with E-state index < -0.39 is 18.1 Å². The molecule has 2 heterocycles. The van der Waals surface area contributed by atoms with Crippen molar-refractivity contribution in [2.24, 2.45) is 0 Å². The first kappa shape index (κ1) is 28.9. The fraction of sp³-hybridized carbons (Fsp3) is 0.419. The fourth-order valence-electron chi connectivity index (χ4n) is 5.33. The van der Waals surface area contributed by atoms with Crippen LogP contribution >= 0.6 is 0 Å². The van der Waals surface area contributed by atoms with E-state index in [1.54, 1.807) is 0 Å². The van der Waals surface area contributed by atoms with Crippen molar-refractivity contribution in [2.75, 3.05) is 19.6 Å². The lowest BCUT2D eigenvalue weighted by Crippen LogP contribution is -2.53. The molecule has 0 spiro atoms. The summed E-state index contributed by atoms with van der Waals surface area (Å²) in [7, 11) is 0. The van der Waals surface area contributed by atoms with Gasteiger partial charge in [0.2, 0.25) is 17.7 Å². The monoisotopic (exact) mass is 546 g/mol. The minimum Gasteiger partial charge on any atom is -0.480 e. The van der Waals surface area contributed by atoms with Crippen LogP contribution < -0.4 is 5.32 Å². The number of carbonyl (C=O) groups is 4. The number of H-pyrrole nitrogens is 1. The van der Waals surface area contributed by atoms with E-state index in [4.69, 9.17) is 0 Å². The molecule has 1 aliphatic rings. The maximum absolute atomic E-state index is 13.9. The number of aromatic amines is 1. The average Bonchev–Trinajstić information content (AvgIpc) is 3.61. The van der Waals surface area contributed by atoms with Crippen molar-refractivity contribution < 1.29 is 24.3 Å². The van der Waals surface area contributed by atoms with Crippen LogP contribution in [0.3, 0.4) is 0 Å². The van der Waals surface area contributed by atoms with Gasteiger partial charge in [-0.05, 0) is 42.9 Å². The number of aromatic nitrogens is 1. The van der Waals surface area contributed by atoms with Crippen LogP contribution in [0.4, 0.5) is 0 Å². The number of benzene rings is 2. The SMILES string of the molecule is CCCC[C@@H](NC(=O)Cc1c[nH]c2ccccc12)C(=O)N(CCc1ccccc1)CC(=O)N1CCC[C@@H]1C(=O)O. The molecule has 0 bridgehead atoms. The number of likely N-dealkylation sites (tertiary alicyclic amines) is 1. The quantitative estimate of drug-likeness (QED) is 0.303. The first-order valence-corrected chi connectivity index (χ1v) is 14.1. The second-order valence-electron chi connectivity index (χ2n) is 10.4. The Morgan fingerprint density at radius 1 is 1.10 bits per heavy atom. The number of para-hydroxylation sites is 1. The number of hydrogen-bond donors (Lipinski definition) is 3. The summed E-state index contributed by atoms with van der Waals surface area (Å²) < 4.78 is 0. The van der Waals surface area contributed by atoms with E-state index in [-0.39, 0.29) is 37.2 Å². The van der Waals surface area contributed by atoms with Crippen molar-refractivity contribution in [1.29, 1.82) is 0 Å². The lowest BCUT2D eigenvalue weighted by Gasteiger charge is -2.30. The van der Waals surface area contributed by atoms with Crippen LogP contribution in [0.1, 0.15) is 50.2 Å². The summed E-state index contributed by atoms with van der Waals surface area (Å²) in [5.41, 5.74) is 2.81. The standard InChI is InChI=1S/C31H38N4O5/c1-2-3-13-26(33-28(36)19-23-20-32-25-14-8-7-12-24(23)25)30(38)34(18-16-22-10-5-4-6-11-22)21-29(37)35-17-9-15-27(35)31(39)40/h4-8,10-12,14,20,26-27,32H,2-3,9,13,15-19,21H2,1H3,(H,33,36)(H,39,40)/t26-,27-/m1/s1. The smallest absolute Gasteiger partial charge is 0.326 e. The molecule has 0 aliphatic carbocycles. The lowest BCUT2D eigenvalue weighted by atomic mass is 10.1. The van der Waals surface area contributed by atoms with Crippen molar-refractivity contribution >= 4 is 34.6 Å². The van der Waals surface area contributed by atoms with Gasteiger partial charge in [0, 0.05) is 30.2 Å². The second-order valence-corrected chi connectivity index (χ2v) is 10.4. The molecule has 1 saturated heterocycles. The Kier molecular flexibility index (Phi) is 9.94. The van der Waals surface area contributed by atoms with Crippen LogP contribution in [0.15, 0.2) is 60.8 Å². The average molecular weight is 547 g/mol. The maximum atomic E-state index is 13.9. The molecule has 212 valence electrons. The third-order valence-electron chi connectivity index (χ3n) is 7.51. The fourth-order valence-corrected chi connectivity index (χ4v) is 5.33. The van der Waals surface area contributed by atoms with Crippen molar-refractivity contribution in [3.05, 3.63) is 71.9 Å². The van der Waals surface area contributed by atoms with Gasteiger partial charge in [-0.3, -0.25) is 14.4 Å². The summed E-state index contributed by atoms with van der Waals surface area (Å²) >= 11 is 0. The highest BCUT2D eigenvalue weighted by Crippen LogP contribution is 2.20. The highest BCUT2D eigenvalue weighted by molar-refractivity contribution is 5.93. The summed E-state index contributed by atoms with van der Waals surface area (Å²) in [5, 5.41) is 13.5. The number of nitrogens with one attached hydrogen (secondary N) is 2. The van der Waals surface area contributed by atoms with Gasteiger partial charge in [-0.15, -0.1) is 0 Å². The van der Waals surface area contributed by atoms with Gasteiger partial charge >= 0.3 is 5.97 Å². The van der Waals surface area contributed by atoms with Gasteiger partial charge in [0.05, 0.1) is 13.0 Å². The number of amides is 3. The number of carboxylic acid groups (broad SMARTS) is 1. The molecular formula is C31H38N4O5. The summed E-state index contributed by atoms with van der Waals surface area (Å²) in [6.45, 7) is 2.43. The van der Waals surface area contributed by atoms with Gasteiger partial charge in [0.1, 0.15) is 12.1 Å². The summed E-state index contributed by atoms with van der Waals surface area (Å²) in [6, 6.07) is 15.8. The number of hydrogen-bond acceptors (Lipinski definition) is 4. The first-order valence-electron chi connectivity index (χ1n) is 14.1. The van der Waals surface area contributed by atoms with Crippen molar-refractivity contribution in [2.45, 2.75) is 64.0 Å². The summed E-state index contributed by atoms with van der Waals surface area (Å²) in [6.07, 6.45) is 5.52. The molecule has 0 unspecified atom stereocenters. The highest BCUT2D eigenvalue weighted by atomic mass is 16.4. The number of fused-ring (bicyclic) bond motifs is 1. The third kappa shape index (κ3) is 7.28. The van der Waals surface area contributed by atoms with Crippen LogP contribution in [-0.4, -0.2) is 75.3 Å². The molecule has 1 aliphatic heterocycles. The van der Waals surface area contributed by atoms with E-state index in [0.717, 1.165) is 34.9 Å². The minimum absolute atomic E-state index is 0.122. The molecule has 9 nitrogen and oxygen atoms in total. The molecule has 1 aromatic heterocycles. The normalized spacial score (nSPS) is 15.6. The topological polar surface area (TPSA) is 123 Å². The third-order valence-corrected chi connectivity index (χ3v) is 7.51. The van der Waals surface area contributed by atoms with E-state index in [0.29, 0.717) is 32.2 Å². The Labute approximate surface area is 234 Å². The molecule has 0 radical (unpaired) electrons. The first-order chi connectivity index (χ1) is 19.4. The van der Waals surface area contributed by atoms with Gasteiger partial charge in [0.15, 0.2) is 0 Å². The predicted molar refractivity (Wildman–Crippen MR) is 153 cm³/mol. The van der Waals surface area contributed by atoms with Gasteiger partial charge in [-0.2, -0.15) is 0 Å². The number of nitrogens with zero attached hydrogens (tertiary/aromatic N) is 2. The number of unbranched alkanes of at least 4 members (excludes halogenated alkanes) is 1. The largest absolute Gasteiger partial charge is 0.480 e. The zero-order chi connectivity index (χ0) is 28.5. The number of carboxylic acids is 1. The van der Waals surface area contributed by atoms with E-state index in [1.165, 1.54) is 9.80 Å². The molecule has 3 amide bonds. The zero-order valence-electron chi connectivity index (χ0n) is 23.0. The lowest BCUT2D eigenvalue weighted by molar-refractivity contribution is -0.150. The molecule has 1 fully saturated rings. The Hall–Kier alpha value is -4.14. The Bertz CT molecular complexity index is 1320. The molecular weight excluding hydrogens is 508 g/mol. The Balaban J connectivity index is 1.50.